The van der Waals surface area contributed by atoms with Crippen LogP contribution in [0.4, 0.5) is 9.59 Å². The van der Waals surface area contributed by atoms with E-state index in [2.05, 4.69) is 99.7 Å². The van der Waals surface area contributed by atoms with Gasteiger partial charge in [0.25, 0.3) is 0 Å². The van der Waals surface area contributed by atoms with Crippen molar-refractivity contribution < 1.29 is 28.7 Å². The Morgan fingerprint density at radius 1 is 0.778 bits per heavy atom. The van der Waals surface area contributed by atoms with Crippen molar-refractivity contribution in [3.63, 3.8) is 0 Å². The summed E-state index contributed by atoms with van der Waals surface area (Å²) in [6.07, 6.45) is 6.01. The molecule has 5 atom stereocenters. The lowest BCUT2D eigenvalue weighted by molar-refractivity contribution is -0.136. The van der Waals surface area contributed by atoms with Crippen molar-refractivity contribution in [2.75, 3.05) is 27.3 Å². The van der Waals surface area contributed by atoms with Gasteiger partial charge in [-0.1, -0.05) is 102 Å². The zero-order chi connectivity index (χ0) is 51.6. The van der Waals surface area contributed by atoms with E-state index in [0.29, 0.717) is 36.7 Å². The second-order valence-corrected chi connectivity index (χ2v) is 21.4. The van der Waals surface area contributed by atoms with Crippen LogP contribution < -0.4 is 21.7 Å². The smallest absolute Gasteiger partial charge is 0.407 e. The van der Waals surface area contributed by atoms with Crippen LogP contribution in [0.5, 0.6) is 0 Å². The predicted octanol–water partition coefficient (Wildman–Crippen LogP) is 9.81. The van der Waals surface area contributed by atoms with E-state index < -0.39 is 28.6 Å². The number of nitrogens with one attached hydrogen (secondary N) is 4. The number of rotatable bonds is 16. The summed E-state index contributed by atoms with van der Waals surface area (Å²) in [6.45, 7) is 15.0. The fourth-order valence-electron chi connectivity index (χ4n) is 9.98. The van der Waals surface area contributed by atoms with Gasteiger partial charge < -0.3 is 50.5 Å². The van der Waals surface area contributed by atoms with E-state index in [0.717, 1.165) is 76.3 Å². The first-order valence-corrected chi connectivity index (χ1v) is 25.3. The quantitative estimate of drug-likeness (QED) is 0.0600. The third-order valence-electron chi connectivity index (χ3n) is 14.5. The van der Waals surface area contributed by atoms with Crippen molar-refractivity contribution in [3.05, 3.63) is 127 Å². The lowest BCUT2D eigenvalue weighted by Gasteiger charge is -2.31. The number of H-pyrrole nitrogens is 1. The minimum Gasteiger partial charge on any atom is -0.453 e. The monoisotopic (exact) mass is 1020 g/mol. The first-order valence-electron chi connectivity index (χ1n) is 24.5. The van der Waals surface area contributed by atoms with Crippen molar-refractivity contribution in [3.8, 4) is 39.5 Å². The van der Waals surface area contributed by atoms with Gasteiger partial charge in [0.05, 0.1) is 55.3 Å². The number of aromatic amines is 1. The largest absolute Gasteiger partial charge is 0.453 e. The number of likely N-dealkylation sites (tertiary alicyclic amines) is 2. The number of imidazole rings is 1. The predicted molar refractivity (Wildman–Crippen MR) is 282 cm³/mol. The summed E-state index contributed by atoms with van der Waals surface area (Å²) in [7, 11) is 2.57. The molecule has 3 fully saturated rings. The fraction of sp³-hybridized carbons (Fsp3) is 0.400. The van der Waals surface area contributed by atoms with Crippen LogP contribution in [-0.4, -0.2) is 98.1 Å². The summed E-state index contributed by atoms with van der Waals surface area (Å²) in [6, 6.07) is 27.0. The van der Waals surface area contributed by atoms with E-state index in [9.17, 15) is 19.2 Å². The number of aromatic nitrogens is 3. The molecular weight excluding hydrogens is 954 g/mol. The van der Waals surface area contributed by atoms with Gasteiger partial charge in [-0.3, -0.25) is 9.59 Å². The lowest BCUT2D eigenvalue weighted by atomic mass is 9.98. The molecular formula is C55H65Cl2N9O6. The second-order valence-electron chi connectivity index (χ2n) is 19.9. The Hall–Kier alpha value is -6.71. The highest BCUT2D eigenvalue weighted by atomic mass is 35.5. The molecule has 0 radical (unpaired) electrons. The molecule has 2 aromatic heterocycles. The standard InChI is InChI=1S/C55H65Cl2N9O6/c1-32(2)47(62-52(69)71-7)50(67)64-27-9-11-43(64)34(5)59-29-41(58)35-13-17-37(18-14-35)44-25-26-45(66(44)40-23-21-39(22-24-40)54(6)31-55(54,56)57)38-19-15-36(16-20-38)42-30-60-49(61-42)46-12-10-28-65(46)51(68)48(33(3)4)63-53(70)72-8/h13-26,29-30,32-33,43,46-48,59H,5,9-12,27-28,31,58H2,1-4,6-8H3,(H,60,61)(H,62,69)(H,63,70)/b41-29-/t43-,46-,47-,48-,54?/m0/s1. The van der Waals surface area contributed by atoms with E-state index in [1.807, 2.05) is 52.0 Å². The average Bonchev–Trinajstić information content (AvgIpc) is 4.12. The number of hydrogen-bond acceptors (Lipinski definition) is 9. The van der Waals surface area contributed by atoms with Crippen LogP contribution in [0.25, 0.3) is 45.2 Å². The maximum absolute atomic E-state index is 13.8. The fourth-order valence-corrected chi connectivity index (χ4v) is 10.7. The zero-order valence-electron chi connectivity index (χ0n) is 41.9. The molecule has 72 heavy (non-hydrogen) atoms. The van der Waals surface area contributed by atoms with Crippen LogP contribution >= 0.6 is 23.2 Å². The molecule has 1 saturated carbocycles. The molecule has 1 aliphatic carbocycles. The van der Waals surface area contributed by atoms with E-state index in [1.54, 1.807) is 22.2 Å². The maximum Gasteiger partial charge on any atom is 0.407 e. The molecule has 380 valence electrons. The molecule has 2 saturated heterocycles. The highest BCUT2D eigenvalue weighted by molar-refractivity contribution is 6.52. The van der Waals surface area contributed by atoms with Gasteiger partial charge >= 0.3 is 12.2 Å². The normalized spacial score (nSPS) is 20.3. The number of nitrogens with zero attached hydrogens (tertiary/aromatic N) is 4. The van der Waals surface area contributed by atoms with Crippen molar-refractivity contribution >= 4 is 52.9 Å². The molecule has 17 heteroatoms. The molecule has 1 unspecified atom stereocenters. The summed E-state index contributed by atoms with van der Waals surface area (Å²) < 4.78 is 11.0. The van der Waals surface area contributed by atoms with Gasteiger partial charge in [0, 0.05) is 36.1 Å². The number of alkyl halides is 2. The molecule has 3 aromatic carbocycles. The Morgan fingerprint density at radius 2 is 1.29 bits per heavy atom. The van der Waals surface area contributed by atoms with Gasteiger partial charge in [0.15, 0.2) is 0 Å². The molecule has 4 heterocycles. The Labute approximate surface area is 431 Å². The molecule has 6 N–H and O–H groups in total. The topological polar surface area (TPSA) is 189 Å². The molecule has 5 aromatic rings. The van der Waals surface area contributed by atoms with Gasteiger partial charge in [-0.2, -0.15) is 0 Å². The zero-order valence-corrected chi connectivity index (χ0v) is 43.4. The highest BCUT2D eigenvalue weighted by Crippen LogP contribution is 2.64. The molecule has 2 aliphatic heterocycles. The number of methoxy groups -OCH3 is 2. The summed E-state index contributed by atoms with van der Waals surface area (Å²) in [5.74, 6) is 0.0848. The van der Waals surface area contributed by atoms with Crippen LogP contribution in [-0.2, 0) is 24.5 Å². The van der Waals surface area contributed by atoms with Crippen molar-refractivity contribution in [2.45, 2.75) is 101 Å². The second kappa shape index (κ2) is 21.2. The number of benzene rings is 3. The van der Waals surface area contributed by atoms with Crippen LogP contribution in [0, 0.1) is 11.8 Å². The van der Waals surface area contributed by atoms with E-state index in [4.69, 9.17) is 43.4 Å². The summed E-state index contributed by atoms with van der Waals surface area (Å²) in [5.41, 5.74) is 15.9. The summed E-state index contributed by atoms with van der Waals surface area (Å²) in [5, 5.41) is 8.65. The molecule has 8 rings (SSSR count). The Bertz CT molecular complexity index is 2840. The van der Waals surface area contributed by atoms with Crippen LogP contribution in [0.3, 0.4) is 0 Å². The minimum absolute atomic E-state index is 0.133. The van der Waals surface area contributed by atoms with Gasteiger partial charge in [-0.15, -0.1) is 23.2 Å². The van der Waals surface area contributed by atoms with Crippen LogP contribution in [0.15, 0.2) is 110 Å². The molecule has 3 aliphatic rings. The van der Waals surface area contributed by atoms with Crippen molar-refractivity contribution in [2.24, 2.45) is 17.6 Å². The molecule has 15 nitrogen and oxygen atoms in total. The van der Waals surface area contributed by atoms with Gasteiger partial charge in [0.2, 0.25) is 11.8 Å². The molecule has 4 amide bonds. The van der Waals surface area contributed by atoms with Crippen molar-refractivity contribution in [1.29, 1.82) is 0 Å². The molecule has 0 spiro atoms. The summed E-state index contributed by atoms with van der Waals surface area (Å²) >= 11 is 13.2. The number of halogens is 2. The highest BCUT2D eigenvalue weighted by Gasteiger charge is 2.63. The average molecular weight is 1020 g/mol. The minimum atomic E-state index is -0.804. The number of carbonyl (C=O) groups excluding carboxylic acids is 4. The van der Waals surface area contributed by atoms with Crippen LogP contribution in [0.2, 0.25) is 0 Å². The number of ether oxygens (including phenoxy) is 2. The Kier molecular flexibility index (Phi) is 15.2. The van der Waals surface area contributed by atoms with Crippen molar-refractivity contribution in [1.82, 2.24) is 40.3 Å². The number of amides is 4. The molecule has 0 bridgehead atoms. The van der Waals surface area contributed by atoms with Crippen LogP contribution in [0.1, 0.15) is 89.7 Å². The maximum atomic E-state index is 13.8. The van der Waals surface area contributed by atoms with E-state index >= 15 is 0 Å². The number of nitrogens with two attached hydrogens (primary N) is 1. The van der Waals surface area contributed by atoms with Gasteiger partial charge in [-0.25, -0.2) is 14.6 Å². The van der Waals surface area contributed by atoms with E-state index in [-0.39, 0.29) is 41.1 Å². The van der Waals surface area contributed by atoms with E-state index in [1.165, 1.54) is 14.2 Å². The SMILES string of the molecule is C=C(N/C=C(\N)c1ccc(-c2ccc(-c3ccc(-c4cnc([C@@H]5CCCN5C(=O)[C@@H](NC(=O)OC)C(C)C)[nH]4)cc3)n2-c2ccc(C3(C)CC3(Cl)Cl)cc2)cc1)[C@@H]1CCCN1C(=O)[C@@H](NC(=O)OC)C(C)C. The first kappa shape index (κ1) is 51.6. The lowest BCUT2D eigenvalue weighted by Crippen LogP contribution is -2.53. The van der Waals surface area contributed by atoms with Gasteiger partial charge in [0.1, 0.15) is 22.2 Å². The number of hydrogen-bond donors (Lipinski definition) is 5. The Balaban J connectivity index is 1.02. The number of alkyl carbamates (subject to hydrolysis) is 2. The van der Waals surface area contributed by atoms with Gasteiger partial charge in [-0.05, 0) is 96.0 Å². The summed E-state index contributed by atoms with van der Waals surface area (Å²) in [4.78, 5) is 63.3. The first-order chi connectivity index (χ1) is 34.3. The third kappa shape index (κ3) is 10.5. The Morgan fingerprint density at radius 3 is 1.83 bits per heavy atom. The number of carbonyl (C=O) groups is 4. The third-order valence-corrected chi connectivity index (χ3v) is 15.6.